The Hall–Kier alpha value is -0.920. The lowest BCUT2D eigenvalue weighted by molar-refractivity contribution is -0.122. The van der Waals surface area contributed by atoms with Crippen LogP contribution in [-0.2, 0) is 14.9 Å². The molecule has 0 rings (SSSR count). The first-order valence-corrected chi connectivity index (χ1v) is 18.5. The zero-order chi connectivity index (χ0) is 29.7. The van der Waals surface area contributed by atoms with E-state index in [0.29, 0.717) is 12.8 Å². The van der Waals surface area contributed by atoms with Gasteiger partial charge >= 0.3 is 0 Å². The smallest absolute Gasteiger partial charge is 0.266 e. The number of carbonyl (C=O) groups excluding carboxylic acids is 1. The number of aliphatic hydroxyl groups is 1. The molecule has 3 N–H and O–H groups in total. The maximum Gasteiger partial charge on any atom is 0.266 e. The standard InChI is InChI=1S/C33H65NO5S/c1-3-5-7-9-11-13-15-16-17-18-19-21-23-25-27-29-33(36)34-31(30-40(37,38)39)32(35)28-26-24-22-20-14-12-10-8-6-4-2/h16-17,31-32,35H,3-15,18-30H2,1-2H3,(H,34,36)(H,37,38,39)/b17-16-. The van der Waals surface area contributed by atoms with Crippen molar-refractivity contribution < 1.29 is 22.9 Å². The van der Waals surface area contributed by atoms with Crippen LogP contribution in [0.2, 0.25) is 0 Å². The Bertz CT molecular complexity index is 695. The molecule has 0 spiro atoms. The fourth-order valence-electron chi connectivity index (χ4n) is 5.15. The van der Waals surface area contributed by atoms with E-state index in [2.05, 4.69) is 31.3 Å². The summed E-state index contributed by atoms with van der Waals surface area (Å²) in [4.78, 5) is 12.4. The highest BCUT2D eigenvalue weighted by Gasteiger charge is 2.26. The monoisotopic (exact) mass is 587 g/mol. The third-order valence-electron chi connectivity index (χ3n) is 7.72. The molecule has 0 aliphatic heterocycles. The van der Waals surface area contributed by atoms with Crippen LogP contribution in [0.25, 0.3) is 0 Å². The molecule has 6 nitrogen and oxygen atoms in total. The van der Waals surface area contributed by atoms with E-state index in [4.69, 9.17) is 0 Å². The van der Waals surface area contributed by atoms with Gasteiger partial charge in [-0.1, -0.05) is 142 Å². The van der Waals surface area contributed by atoms with Crippen molar-refractivity contribution >= 4 is 16.0 Å². The Morgan fingerprint density at radius 2 is 1.05 bits per heavy atom. The SMILES string of the molecule is CCCCCCCC/C=C\CCCCCCCC(=O)NC(CS(=O)(=O)O)C(O)CCCCCCCCCCCC. The fraction of sp³-hybridized carbons (Fsp3) is 0.909. The summed E-state index contributed by atoms with van der Waals surface area (Å²) in [6.45, 7) is 4.47. The summed E-state index contributed by atoms with van der Waals surface area (Å²) < 4.78 is 32.2. The van der Waals surface area contributed by atoms with Crippen LogP contribution in [0.15, 0.2) is 12.2 Å². The van der Waals surface area contributed by atoms with Gasteiger partial charge in [0.25, 0.3) is 10.1 Å². The van der Waals surface area contributed by atoms with E-state index in [1.165, 1.54) is 96.3 Å². The molecule has 0 aromatic heterocycles. The van der Waals surface area contributed by atoms with E-state index in [1.54, 1.807) is 0 Å². The van der Waals surface area contributed by atoms with Crippen molar-refractivity contribution in [2.24, 2.45) is 0 Å². The average molecular weight is 588 g/mol. The van der Waals surface area contributed by atoms with Crippen molar-refractivity contribution in [2.45, 2.75) is 187 Å². The third-order valence-corrected chi connectivity index (χ3v) is 8.50. The van der Waals surface area contributed by atoms with Crippen molar-refractivity contribution in [1.82, 2.24) is 5.32 Å². The average Bonchev–Trinajstić information content (AvgIpc) is 2.90. The maximum atomic E-state index is 12.4. The first kappa shape index (κ1) is 39.1. The number of rotatable bonds is 30. The van der Waals surface area contributed by atoms with Gasteiger partial charge in [-0.3, -0.25) is 9.35 Å². The predicted molar refractivity (Wildman–Crippen MR) is 170 cm³/mol. The van der Waals surface area contributed by atoms with Crippen LogP contribution in [-0.4, -0.2) is 41.9 Å². The molecule has 0 heterocycles. The summed E-state index contributed by atoms with van der Waals surface area (Å²) in [5, 5.41) is 13.2. The molecular weight excluding hydrogens is 522 g/mol. The second-order valence-electron chi connectivity index (χ2n) is 11.8. The number of unbranched alkanes of at least 4 members (excludes halogenated alkanes) is 20. The molecule has 0 aromatic rings. The van der Waals surface area contributed by atoms with E-state index in [0.717, 1.165) is 51.4 Å². The van der Waals surface area contributed by atoms with Crippen molar-refractivity contribution in [1.29, 1.82) is 0 Å². The summed E-state index contributed by atoms with van der Waals surface area (Å²) >= 11 is 0. The maximum absolute atomic E-state index is 12.4. The molecule has 238 valence electrons. The van der Waals surface area contributed by atoms with Crippen LogP contribution in [0, 0.1) is 0 Å². The fourth-order valence-corrected chi connectivity index (χ4v) is 5.91. The Morgan fingerprint density at radius 3 is 1.50 bits per heavy atom. The van der Waals surface area contributed by atoms with Gasteiger partial charge in [0.1, 0.15) is 0 Å². The van der Waals surface area contributed by atoms with Gasteiger partial charge in [-0.15, -0.1) is 0 Å². The zero-order valence-corrected chi connectivity index (χ0v) is 27.0. The van der Waals surface area contributed by atoms with Crippen LogP contribution < -0.4 is 5.32 Å². The molecule has 0 aromatic carbocycles. The molecule has 2 unspecified atom stereocenters. The number of amides is 1. The number of nitrogens with one attached hydrogen (secondary N) is 1. The third kappa shape index (κ3) is 28.6. The highest BCUT2D eigenvalue weighted by Crippen LogP contribution is 2.14. The largest absolute Gasteiger partial charge is 0.391 e. The van der Waals surface area contributed by atoms with Crippen LogP contribution in [0.4, 0.5) is 0 Å². The van der Waals surface area contributed by atoms with Crippen molar-refractivity contribution in [3.63, 3.8) is 0 Å². The Labute approximate surface area is 248 Å². The minimum atomic E-state index is -4.30. The molecule has 40 heavy (non-hydrogen) atoms. The van der Waals surface area contributed by atoms with Gasteiger partial charge in [0.15, 0.2) is 0 Å². The lowest BCUT2D eigenvalue weighted by Crippen LogP contribution is -2.47. The molecule has 0 aliphatic carbocycles. The van der Waals surface area contributed by atoms with Crippen LogP contribution in [0.1, 0.15) is 174 Å². The minimum Gasteiger partial charge on any atom is -0.391 e. The second-order valence-corrected chi connectivity index (χ2v) is 13.3. The summed E-state index contributed by atoms with van der Waals surface area (Å²) in [7, 11) is -4.30. The molecule has 0 saturated heterocycles. The topological polar surface area (TPSA) is 104 Å². The normalized spacial score (nSPS) is 13.6. The molecule has 0 aliphatic rings. The Balaban J connectivity index is 3.96. The van der Waals surface area contributed by atoms with Gasteiger partial charge in [0, 0.05) is 6.42 Å². The Kier molecular flexibility index (Phi) is 27.6. The quantitative estimate of drug-likeness (QED) is 0.0442. The predicted octanol–water partition coefficient (Wildman–Crippen LogP) is 9.07. The van der Waals surface area contributed by atoms with E-state index in [9.17, 15) is 22.9 Å². The number of allylic oxidation sites excluding steroid dienone is 2. The summed E-state index contributed by atoms with van der Waals surface area (Å²) in [5.41, 5.74) is 0. The zero-order valence-electron chi connectivity index (χ0n) is 26.2. The van der Waals surface area contributed by atoms with Crippen LogP contribution >= 0.6 is 0 Å². The van der Waals surface area contributed by atoms with Crippen LogP contribution in [0.5, 0.6) is 0 Å². The number of hydrogen-bond acceptors (Lipinski definition) is 4. The first-order chi connectivity index (χ1) is 19.3. The molecule has 7 heteroatoms. The minimum absolute atomic E-state index is 0.256. The summed E-state index contributed by atoms with van der Waals surface area (Å²) in [5.74, 6) is -0.905. The highest BCUT2D eigenvalue weighted by molar-refractivity contribution is 7.85. The first-order valence-electron chi connectivity index (χ1n) is 16.9. The van der Waals surface area contributed by atoms with Gasteiger partial charge in [0.2, 0.25) is 5.91 Å². The summed E-state index contributed by atoms with van der Waals surface area (Å²) in [6, 6.07) is -0.968. The highest BCUT2D eigenvalue weighted by atomic mass is 32.2. The second kappa shape index (κ2) is 28.2. The van der Waals surface area contributed by atoms with E-state index >= 15 is 0 Å². The molecule has 0 saturated carbocycles. The van der Waals surface area contributed by atoms with Gasteiger partial charge in [-0.05, 0) is 38.5 Å². The van der Waals surface area contributed by atoms with Gasteiger partial charge in [-0.2, -0.15) is 8.42 Å². The van der Waals surface area contributed by atoms with Crippen molar-refractivity contribution in [3.8, 4) is 0 Å². The lowest BCUT2D eigenvalue weighted by Gasteiger charge is -2.23. The number of hydrogen-bond donors (Lipinski definition) is 3. The van der Waals surface area contributed by atoms with Gasteiger partial charge < -0.3 is 10.4 Å². The molecule has 1 amide bonds. The molecule has 2 atom stereocenters. The lowest BCUT2D eigenvalue weighted by atomic mass is 10.0. The van der Waals surface area contributed by atoms with E-state index < -0.39 is 28.0 Å². The van der Waals surface area contributed by atoms with Gasteiger partial charge in [-0.25, -0.2) is 0 Å². The van der Waals surface area contributed by atoms with Crippen molar-refractivity contribution in [3.05, 3.63) is 12.2 Å². The van der Waals surface area contributed by atoms with E-state index in [1.807, 2.05) is 0 Å². The molecular formula is C33H65NO5S. The number of aliphatic hydroxyl groups excluding tert-OH is 1. The summed E-state index contributed by atoms with van der Waals surface area (Å²) in [6.07, 6.45) is 31.6. The molecule has 0 radical (unpaired) electrons. The van der Waals surface area contributed by atoms with Crippen LogP contribution in [0.3, 0.4) is 0 Å². The van der Waals surface area contributed by atoms with E-state index in [-0.39, 0.29) is 5.91 Å². The number of carbonyl (C=O) groups is 1. The Morgan fingerprint density at radius 1 is 0.650 bits per heavy atom. The van der Waals surface area contributed by atoms with Crippen molar-refractivity contribution in [2.75, 3.05) is 5.75 Å². The van der Waals surface area contributed by atoms with Gasteiger partial charge in [0.05, 0.1) is 17.9 Å². The molecule has 0 bridgehead atoms. The molecule has 0 fully saturated rings.